The van der Waals surface area contributed by atoms with Gasteiger partial charge < -0.3 is 4.57 Å². The molecule has 112 valence electrons. The van der Waals surface area contributed by atoms with Gasteiger partial charge in [0.1, 0.15) is 12.2 Å². The van der Waals surface area contributed by atoms with Gasteiger partial charge in [0.05, 0.1) is 10.0 Å². The molecule has 0 radical (unpaired) electrons. The van der Waals surface area contributed by atoms with Crippen molar-refractivity contribution in [3.63, 3.8) is 0 Å². The smallest absolute Gasteiger partial charge is 0.135 e. The zero-order valence-corrected chi connectivity index (χ0v) is 13.5. The number of nitrogens with zero attached hydrogens (tertiary/aromatic N) is 4. The van der Waals surface area contributed by atoms with E-state index in [-0.39, 0.29) is 0 Å². The van der Waals surface area contributed by atoms with Crippen molar-refractivity contribution in [3.05, 3.63) is 46.0 Å². The van der Waals surface area contributed by atoms with Gasteiger partial charge in [0.25, 0.3) is 0 Å². The summed E-state index contributed by atoms with van der Waals surface area (Å²) in [5.41, 5.74) is 1.10. The molecular formula is C15H18Cl2N4. The van der Waals surface area contributed by atoms with E-state index in [9.17, 15) is 0 Å². The number of aryl methyl sites for hydroxylation is 1. The Hall–Kier alpha value is -1.10. The first-order valence-corrected chi connectivity index (χ1v) is 7.90. The third-order valence-electron chi connectivity index (χ3n) is 4.12. The summed E-state index contributed by atoms with van der Waals surface area (Å²) in [5, 5.41) is 9.51. The highest BCUT2D eigenvalue weighted by atomic mass is 35.5. The van der Waals surface area contributed by atoms with Crippen LogP contribution in [0.5, 0.6) is 0 Å². The molecule has 2 aromatic rings. The minimum atomic E-state index is 0.503. The molecule has 0 aliphatic carbocycles. The Morgan fingerprint density at radius 3 is 2.67 bits per heavy atom. The van der Waals surface area contributed by atoms with Gasteiger partial charge in [0, 0.05) is 19.5 Å². The molecule has 2 heterocycles. The van der Waals surface area contributed by atoms with Crippen LogP contribution >= 0.6 is 23.2 Å². The monoisotopic (exact) mass is 324 g/mol. The second kappa shape index (κ2) is 6.34. The molecule has 3 rings (SSSR count). The third-order valence-corrected chi connectivity index (χ3v) is 4.98. The van der Waals surface area contributed by atoms with Crippen LogP contribution in [0.4, 0.5) is 0 Å². The molecule has 0 N–H and O–H groups in total. The Morgan fingerprint density at radius 2 is 2.00 bits per heavy atom. The molecule has 0 spiro atoms. The van der Waals surface area contributed by atoms with Gasteiger partial charge in [0.2, 0.25) is 0 Å². The number of hydrogen-bond acceptors (Lipinski definition) is 3. The van der Waals surface area contributed by atoms with Crippen molar-refractivity contribution in [2.45, 2.75) is 25.3 Å². The predicted molar refractivity (Wildman–Crippen MR) is 84.7 cm³/mol. The average Bonchev–Trinajstić information content (AvgIpc) is 2.91. The van der Waals surface area contributed by atoms with Crippen LogP contribution in [0.15, 0.2) is 24.5 Å². The standard InChI is InChI=1S/C15H18Cl2N4/c1-20-10-18-19-15(20)11-5-7-21(8-6-11)9-12-3-2-4-13(16)14(12)17/h2-4,10-11H,5-9H2,1H3. The van der Waals surface area contributed by atoms with Gasteiger partial charge in [-0.1, -0.05) is 35.3 Å². The summed E-state index contributed by atoms with van der Waals surface area (Å²) in [6.07, 6.45) is 3.98. The second-order valence-electron chi connectivity index (χ2n) is 5.56. The Morgan fingerprint density at radius 1 is 1.24 bits per heavy atom. The van der Waals surface area contributed by atoms with Gasteiger partial charge in [0.15, 0.2) is 0 Å². The number of halogens is 2. The normalized spacial score (nSPS) is 17.3. The molecule has 21 heavy (non-hydrogen) atoms. The Bertz CT molecular complexity index is 618. The lowest BCUT2D eigenvalue weighted by Crippen LogP contribution is -2.33. The van der Waals surface area contributed by atoms with Crippen molar-refractivity contribution < 1.29 is 0 Å². The third kappa shape index (κ3) is 3.23. The quantitative estimate of drug-likeness (QED) is 0.866. The fourth-order valence-electron chi connectivity index (χ4n) is 2.92. The van der Waals surface area contributed by atoms with E-state index in [2.05, 4.69) is 15.1 Å². The Kier molecular flexibility index (Phi) is 4.48. The maximum Gasteiger partial charge on any atom is 0.135 e. The first kappa shape index (κ1) is 14.8. The number of benzene rings is 1. The van der Waals surface area contributed by atoms with E-state index in [4.69, 9.17) is 23.2 Å². The largest absolute Gasteiger partial charge is 0.320 e. The molecule has 1 saturated heterocycles. The van der Waals surface area contributed by atoms with E-state index >= 15 is 0 Å². The minimum Gasteiger partial charge on any atom is -0.320 e. The number of piperidine rings is 1. The van der Waals surface area contributed by atoms with E-state index in [1.54, 1.807) is 6.33 Å². The molecule has 0 saturated carbocycles. The van der Waals surface area contributed by atoms with Crippen LogP contribution in [-0.4, -0.2) is 32.8 Å². The lowest BCUT2D eigenvalue weighted by atomic mass is 9.95. The van der Waals surface area contributed by atoms with E-state index in [0.29, 0.717) is 16.0 Å². The van der Waals surface area contributed by atoms with Crippen LogP contribution in [0, 0.1) is 0 Å². The SMILES string of the molecule is Cn1cnnc1C1CCN(Cc2cccc(Cl)c2Cl)CC1. The molecule has 1 aromatic carbocycles. The van der Waals surface area contributed by atoms with Crippen molar-refractivity contribution in [1.82, 2.24) is 19.7 Å². The van der Waals surface area contributed by atoms with Gasteiger partial charge in [-0.2, -0.15) is 0 Å². The Labute approximate surface area is 134 Å². The van der Waals surface area contributed by atoms with Crippen molar-refractivity contribution in [1.29, 1.82) is 0 Å². The molecule has 0 unspecified atom stereocenters. The van der Waals surface area contributed by atoms with Crippen LogP contribution in [-0.2, 0) is 13.6 Å². The maximum absolute atomic E-state index is 6.26. The molecule has 1 aliphatic heterocycles. The second-order valence-corrected chi connectivity index (χ2v) is 6.35. The van der Waals surface area contributed by atoms with E-state index < -0.39 is 0 Å². The molecule has 0 bridgehead atoms. The zero-order valence-electron chi connectivity index (χ0n) is 12.0. The van der Waals surface area contributed by atoms with Crippen molar-refractivity contribution in [2.75, 3.05) is 13.1 Å². The first-order chi connectivity index (χ1) is 10.1. The highest BCUT2D eigenvalue weighted by Crippen LogP contribution is 2.30. The number of aromatic nitrogens is 3. The predicted octanol–water partition coefficient (Wildman–Crippen LogP) is 3.50. The molecule has 1 aliphatic rings. The first-order valence-electron chi connectivity index (χ1n) is 7.14. The number of rotatable bonds is 3. The minimum absolute atomic E-state index is 0.503. The molecule has 6 heteroatoms. The summed E-state index contributed by atoms with van der Waals surface area (Å²) in [4.78, 5) is 2.42. The van der Waals surface area contributed by atoms with Crippen LogP contribution in [0.3, 0.4) is 0 Å². The fraction of sp³-hybridized carbons (Fsp3) is 0.467. The summed E-state index contributed by atoms with van der Waals surface area (Å²) in [5.74, 6) is 1.60. The highest BCUT2D eigenvalue weighted by Gasteiger charge is 2.24. The van der Waals surface area contributed by atoms with Gasteiger partial charge >= 0.3 is 0 Å². The van der Waals surface area contributed by atoms with Crippen molar-refractivity contribution >= 4 is 23.2 Å². The van der Waals surface area contributed by atoms with Crippen molar-refractivity contribution in [2.24, 2.45) is 7.05 Å². The van der Waals surface area contributed by atoms with Crippen LogP contribution in [0.25, 0.3) is 0 Å². The van der Waals surface area contributed by atoms with Gasteiger partial charge in [-0.25, -0.2) is 0 Å². The van der Waals surface area contributed by atoms with E-state index in [1.807, 2.05) is 29.8 Å². The number of hydrogen-bond donors (Lipinski definition) is 0. The van der Waals surface area contributed by atoms with Gasteiger partial charge in [-0.05, 0) is 37.6 Å². The van der Waals surface area contributed by atoms with Crippen LogP contribution in [0.1, 0.15) is 30.1 Å². The molecule has 1 fully saturated rings. The highest BCUT2D eigenvalue weighted by molar-refractivity contribution is 6.42. The average molecular weight is 325 g/mol. The molecule has 1 aromatic heterocycles. The molecule has 0 amide bonds. The van der Waals surface area contributed by atoms with Crippen molar-refractivity contribution in [3.8, 4) is 0 Å². The number of likely N-dealkylation sites (tertiary alicyclic amines) is 1. The zero-order chi connectivity index (χ0) is 14.8. The molecule has 4 nitrogen and oxygen atoms in total. The van der Waals surface area contributed by atoms with Gasteiger partial charge in [-0.3, -0.25) is 4.90 Å². The fourth-order valence-corrected chi connectivity index (χ4v) is 3.30. The lowest BCUT2D eigenvalue weighted by Gasteiger charge is -2.31. The summed E-state index contributed by atoms with van der Waals surface area (Å²) in [7, 11) is 2.01. The summed E-state index contributed by atoms with van der Waals surface area (Å²) in [6.45, 7) is 2.94. The maximum atomic E-state index is 6.26. The molecule has 0 atom stereocenters. The lowest BCUT2D eigenvalue weighted by molar-refractivity contribution is 0.200. The van der Waals surface area contributed by atoms with Crippen LogP contribution < -0.4 is 0 Å². The van der Waals surface area contributed by atoms with Gasteiger partial charge in [-0.15, -0.1) is 10.2 Å². The Balaban J connectivity index is 1.61. The van der Waals surface area contributed by atoms with E-state index in [1.165, 1.54) is 0 Å². The van der Waals surface area contributed by atoms with E-state index in [0.717, 1.165) is 43.9 Å². The summed E-state index contributed by atoms with van der Waals surface area (Å²) < 4.78 is 2.02. The topological polar surface area (TPSA) is 34.0 Å². The molecular weight excluding hydrogens is 307 g/mol. The summed E-state index contributed by atoms with van der Waals surface area (Å²) in [6, 6.07) is 5.83. The van der Waals surface area contributed by atoms with Crippen LogP contribution in [0.2, 0.25) is 10.0 Å². The summed E-state index contributed by atoms with van der Waals surface area (Å²) >= 11 is 12.3.